The molecule has 0 fully saturated rings. The van der Waals surface area contributed by atoms with E-state index in [0.717, 1.165) is 22.3 Å². The van der Waals surface area contributed by atoms with Crippen LogP contribution < -0.4 is 10.6 Å². The van der Waals surface area contributed by atoms with Crippen LogP contribution in [0.4, 0.5) is 4.79 Å². The Morgan fingerprint density at radius 2 is 1.57 bits per heavy atom. The fourth-order valence-corrected chi connectivity index (χ4v) is 4.60. The maximum atomic E-state index is 13.1. The molecule has 1 unspecified atom stereocenters. The molecule has 3 N–H and O–H groups in total. The molecule has 1 atom stereocenters. The molecule has 2 amide bonds. The molecule has 0 saturated carbocycles. The van der Waals surface area contributed by atoms with Gasteiger partial charge >= 0.3 is 12.1 Å². The first-order chi connectivity index (χ1) is 16.9. The number of fused-ring (bicyclic) bond motifs is 3. The van der Waals surface area contributed by atoms with E-state index >= 15 is 0 Å². The van der Waals surface area contributed by atoms with Crippen molar-refractivity contribution in [3.8, 4) is 11.1 Å². The van der Waals surface area contributed by atoms with Crippen molar-refractivity contribution in [2.75, 3.05) is 26.9 Å². The molecule has 0 aliphatic heterocycles. The maximum Gasteiger partial charge on any atom is 0.407 e. The Bertz CT molecular complexity index is 1000. The van der Waals surface area contributed by atoms with Crippen molar-refractivity contribution in [2.45, 2.75) is 45.1 Å². The van der Waals surface area contributed by atoms with Crippen molar-refractivity contribution in [3.05, 3.63) is 59.7 Å². The predicted octanol–water partition coefficient (Wildman–Crippen LogP) is 3.94. The number of nitrogens with one attached hydrogen (secondary N) is 2. The number of hydrogen-bond acceptors (Lipinski definition) is 5. The lowest BCUT2D eigenvalue weighted by atomic mass is 9.81. The van der Waals surface area contributed by atoms with Crippen molar-refractivity contribution in [2.24, 2.45) is 5.41 Å². The third-order valence-electron chi connectivity index (χ3n) is 6.96. The van der Waals surface area contributed by atoms with Gasteiger partial charge in [0.15, 0.2) is 0 Å². The lowest BCUT2D eigenvalue weighted by Crippen LogP contribution is -2.52. The summed E-state index contributed by atoms with van der Waals surface area (Å²) < 4.78 is 10.5. The second-order valence-electron chi connectivity index (χ2n) is 8.81. The van der Waals surface area contributed by atoms with E-state index in [1.54, 1.807) is 0 Å². The highest BCUT2D eigenvalue weighted by atomic mass is 16.5. The number of rotatable bonds is 12. The molecule has 2 aromatic rings. The summed E-state index contributed by atoms with van der Waals surface area (Å²) in [4.78, 5) is 37.2. The molecule has 0 heterocycles. The van der Waals surface area contributed by atoms with Crippen molar-refractivity contribution < 1.29 is 29.0 Å². The van der Waals surface area contributed by atoms with Gasteiger partial charge in [-0.3, -0.25) is 4.79 Å². The van der Waals surface area contributed by atoms with Gasteiger partial charge in [0.2, 0.25) is 5.91 Å². The van der Waals surface area contributed by atoms with Crippen LogP contribution in [0.2, 0.25) is 0 Å². The lowest BCUT2D eigenvalue weighted by molar-refractivity contribution is -0.144. The van der Waals surface area contributed by atoms with E-state index in [9.17, 15) is 19.5 Å². The summed E-state index contributed by atoms with van der Waals surface area (Å²) >= 11 is 0. The number of ether oxygens (including phenoxy) is 2. The number of carboxylic acids is 1. The molecule has 3 rings (SSSR count). The molecule has 188 valence electrons. The summed E-state index contributed by atoms with van der Waals surface area (Å²) in [5.41, 5.74) is 3.57. The Morgan fingerprint density at radius 1 is 1.00 bits per heavy atom. The topological polar surface area (TPSA) is 114 Å². The molecule has 2 aromatic carbocycles. The Hall–Kier alpha value is -3.39. The first-order valence-electron chi connectivity index (χ1n) is 12.0. The van der Waals surface area contributed by atoms with E-state index in [1.165, 1.54) is 7.11 Å². The second kappa shape index (κ2) is 11.8. The summed E-state index contributed by atoms with van der Waals surface area (Å²) in [6.45, 7) is 4.11. The summed E-state index contributed by atoms with van der Waals surface area (Å²) in [7, 11) is 1.47. The standard InChI is InChI=1S/C27H34N2O6/c1-4-27(5-2,25(32)29-23(24(30)31)14-15-34-3)17-28-26(33)35-16-22-20-12-8-6-10-18(20)19-11-7-9-13-21(19)22/h6-13,22-23H,4-5,14-17H2,1-3H3,(H,28,33)(H,29,32)(H,30,31). The van der Waals surface area contributed by atoms with Gasteiger partial charge in [0.1, 0.15) is 12.6 Å². The third kappa shape index (κ3) is 5.82. The van der Waals surface area contributed by atoms with E-state index in [4.69, 9.17) is 9.47 Å². The van der Waals surface area contributed by atoms with Crippen LogP contribution >= 0.6 is 0 Å². The monoisotopic (exact) mass is 482 g/mol. The number of carboxylic acid groups (broad SMARTS) is 1. The zero-order chi connectivity index (χ0) is 25.4. The molecule has 1 aliphatic carbocycles. The van der Waals surface area contributed by atoms with Crippen molar-refractivity contribution in [3.63, 3.8) is 0 Å². The first kappa shape index (κ1) is 26.2. The van der Waals surface area contributed by atoms with E-state index < -0.39 is 29.4 Å². The predicted molar refractivity (Wildman–Crippen MR) is 132 cm³/mol. The van der Waals surface area contributed by atoms with Gasteiger partial charge < -0.3 is 25.2 Å². The SMILES string of the molecule is CCC(CC)(CNC(=O)OCC1c2ccccc2-c2ccccc21)C(=O)NC(CCOC)C(=O)O. The fourth-order valence-electron chi connectivity index (χ4n) is 4.60. The van der Waals surface area contributed by atoms with Crippen LogP contribution in [-0.2, 0) is 19.1 Å². The maximum absolute atomic E-state index is 13.1. The molecular formula is C27H34N2O6. The van der Waals surface area contributed by atoms with E-state index in [2.05, 4.69) is 22.8 Å². The quantitative estimate of drug-likeness (QED) is 0.422. The average molecular weight is 483 g/mol. The first-order valence-corrected chi connectivity index (χ1v) is 12.0. The second-order valence-corrected chi connectivity index (χ2v) is 8.81. The molecule has 8 nitrogen and oxygen atoms in total. The van der Waals surface area contributed by atoms with Crippen LogP contribution in [0.5, 0.6) is 0 Å². The van der Waals surface area contributed by atoms with Gasteiger partial charge in [-0.25, -0.2) is 9.59 Å². The van der Waals surface area contributed by atoms with E-state index in [-0.39, 0.29) is 32.1 Å². The van der Waals surface area contributed by atoms with Gasteiger partial charge in [-0.15, -0.1) is 0 Å². The lowest BCUT2D eigenvalue weighted by Gasteiger charge is -2.31. The van der Waals surface area contributed by atoms with Crippen LogP contribution in [0.15, 0.2) is 48.5 Å². The number of alkyl carbamates (subject to hydrolysis) is 1. The molecule has 0 radical (unpaired) electrons. The molecule has 0 saturated heterocycles. The highest BCUT2D eigenvalue weighted by Gasteiger charge is 2.38. The number of amides is 2. The van der Waals surface area contributed by atoms with Crippen molar-refractivity contribution >= 4 is 18.0 Å². The highest BCUT2D eigenvalue weighted by molar-refractivity contribution is 5.88. The van der Waals surface area contributed by atoms with E-state index in [1.807, 2.05) is 50.2 Å². The van der Waals surface area contributed by atoms with Gasteiger partial charge in [-0.2, -0.15) is 0 Å². The minimum Gasteiger partial charge on any atom is -0.480 e. The molecule has 0 aromatic heterocycles. The number of carbonyl (C=O) groups excluding carboxylic acids is 2. The summed E-state index contributed by atoms with van der Waals surface area (Å²) in [6.07, 6.45) is 0.395. The third-order valence-corrected chi connectivity index (χ3v) is 6.96. The van der Waals surface area contributed by atoms with Gasteiger partial charge in [-0.1, -0.05) is 62.4 Å². The van der Waals surface area contributed by atoms with Crippen molar-refractivity contribution in [1.29, 1.82) is 0 Å². The van der Waals surface area contributed by atoms with E-state index in [0.29, 0.717) is 12.8 Å². The van der Waals surface area contributed by atoms with Crippen LogP contribution in [0.3, 0.4) is 0 Å². The zero-order valence-corrected chi connectivity index (χ0v) is 20.5. The Kier molecular flexibility index (Phi) is 8.87. The van der Waals surface area contributed by atoms with Crippen LogP contribution in [0.25, 0.3) is 11.1 Å². The molecule has 0 bridgehead atoms. The number of benzene rings is 2. The zero-order valence-electron chi connectivity index (χ0n) is 20.5. The smallest absolute Gasteiger partial charge is 0.407 e. The minimum atomic E-state index is -1.12. The number of methoxy groups -OCH3 is 1. The largest absolute Gasteiger partial charge is 0.480 e. The summed E-state index contributed by atoms with van der Waals surface area (Å²) in [6, 6.07) is 15.1. The Balaban J connectivity index is 1.62. The van der Waals surface area contributed by atoms with Crippen molar-refractivity contribution in [1.82, 2.24) is 10.6 Å². The minimum absolute atomic E-state index is 0.0408. The molecule has 0 spiro atoms. The van der Waals surface area contributed by atoms with Gasteiger partial charge in [0, 0.05) is 32.6 Å². The summed E-state index contributed by atoms with van der Waals surface area (Å²) in [5, 5.41) is 14.8. The molecular weight excluding hydrogens is 448 g/mol. The van der Waals surface area contributed by atoms with Crippen LogP contribution in [-0.4, -0.2) is 56.0 Å². The number of aliphatic carboxylic acids is 1. The Morgan fingerprint density at radius 3 is 2.09 bits per heavy atom. The molecule has 8 heteroatoms. The number of carbonyl (C=O) groups is 3. The highest BCUT2D eigenvalue weighted by Crippen LogP contribution is 2.44. The average Bonchev–Trinajstić information content (AvgIpc) is 3.19. The van der Waals surface area contributed by atoms with Gasteiger partial charge in [-0.05, 0) is 35.1 Å². The van der Waals surface area contributed by atoms with Gasteiger partial charge in [0.05, 0.1) is 5.41 Å². The normalized spacial score (nSPS) is 13.5. The van der Waals surface area contributed by atoms with Crippen LogP contribution in [0, 0.1) is 5.41 Å². The Labute approximate surface area is 206 Å². The summed E-state index contributed by atoms with van der Waals surface area (Å²) in [5.74, 6) is -1.60. The number of hydrogen-bond donors (Lipinski definition) is 3. The molecule has 35 heavy (non-hydrogen) atoms. The van der Waals surface area contributed by atoms with Crippen LogP contribution in [0.1, 0.15) is 50.2 Å². The fraction of sp³-hybridized carbons (Fsp3) is 0.444. The molecule has 1 aliphatic rings. The van der Waals surface area contributed by atoms with Gasteiger partial charge in [0.25, 0.3) is 0 Å².